The number of hydrogen-bond acceptors (Lipinski definition) is 1. The molecule has 0 unspecified atom stereocenters. The van der Waals surface area contributed by atoms with Crippen LogP contribution in [0.25, 0.3) is 11.3 Å². The van der Waals surface area contributed by atoms with Crippen molar-refractivity contribution < 1.29 is 0 Å². The molecule has 1 aliphatic heterocycles. The zero-order valence-corrected chi connectivity index (χ0v) is 11.9. The Morgan fingerprint density at radius 3 is 2.72 bits per heavy atom. The van der Waals surface area contributed by atoms with E-state index >= 15 is 0 Å². The Morgan fingerprint density at radius 2 is 1.94 bits per heavy atom. The molecule has 0 spiro atoms. The Hall–Kier alpha value is -0.670. The van der Waals surface area contributed by atoms with Gasteiger partial charge in [-0.2, -0.15) is 0 Å². The van der Waals surface area contributed by atoms with E-state index in [0.717, 1.165) is 35.8 Å². The van der Waals surface area contributed by atoms with Crippen molar-refractivity contribution >= 4 is 35.6 Å². The zero-order chi connectivity index (χ0) is 11.8. The van der Waals surface area contributed by atoms with Crippen LogP contribution in [0.3, 0.4) is 0 Å². The van der Waals surface area contributed by atoms with Crippen LogP contribution in [0.1, 0.15) is 11.3 Å². The van der Waals surface area contributed by atoms with Gasteiger partial charge in [0.1, 0.15) is 0 Å². The van der Waals surface area contributed by atoms with Crippen molar-refractivity contribution in [1.29, 1.82) is 0 Å². The molecule has 0 fully saturated rings. The Morgan fingerprint density at radius 1 is 1.11 bits per heavy atom. The highest BCUT2D eigenvalue weighted by atomic mass is 35.5. The second-order valence-electron chi connectivity index (χ2n) is 4.24. The van der Waals surface area contributed by atoms with Gasteiger partial charge in [-0.25, -0.2) is 0 Å². The molecule has 1 aliphatic rings. The zero-order valence-electron chi connectivity index (χ0n) is 9.59. The minimum Gasteiger partial charge on any atom is -0.358 e. The molecular weight excluding hydrogens is 291 g/mol. The molecule has 5 heteroatoms. The van der Waals surface area contributed by atoms with Gasteiger partial charge in [0.25, 0.3) is 0 Å². The third kappa shape index (κ3) is 2.52. The summed E-state index contributed by atoms with van der Waals surface area (Å²) >= 11 is 12.2. The van der Waals surface area contributed by atoms with Gasteiger partial charge in [0.2, 0.25) is 0 Å². The summed E-state index contributed by atoms with van der Waals surface area (Å²) in [6.07, 6.45) is 1.04. The molecule has 0 saturated carbocycles. The average Bonchev–Trinajstić information content (AvgIpc) is 2.75. The van der Waals surface area contributed by atoms with Gasteiger partial charge in [0.05, 0.1) is 0 Å². The fraction of sp³-hybridized carbons (Fsp3) is 0.231. The van der Waals surface area contributed by atoms with E-state index in [1.807, 2.05) is 12.1 Å². The number of H-pyrrole nitrogens is 1. The van der Waals surface area contributed by atoms with E-state index in [-0.39, 0.29) is 12.4 Å². The van der Waals surface area contributed by atoms with Crippen molar-refractivity contribution in [2.75, 3.05) is 6.54 Å². The van der Waals surface area contributed by atoms with Gasteiger partial charge >= 0.3 is 0 Å². The second-order valence-corrected chi connectivity index (χ2v) is 5.08. The highest BCUT2D eigenvalue weighted by Crippen LogP contribution is 2.31. The SMILES string of the molecule is Cl.Clc1ccc(Cl)c(-c2cc3c([nH]2)CCNC3)c1. The van der Waals surface area contributed by atoms with E-state index in [2.05, 4.69) is 16.4 Å². The van der Waals surface area contributed by atoms with E-state index in [9.17, 15) is 0 Å². The Kier molecular flexibility index (Phi) is 4.23. The van der Waals surface area contributed by atoms with Crippen molar-refractivity contribution in [3.8, 4) is 11.3 Å². The quantitative estimate of drug-likeness (QED) is 0.817. The number of benzene rings is 1. The predicted molar refractivity (Wildman–Crippen MR) is 78.9 cm³/mol. The molecule has 96 valence electrons. The molecule has 1 aromatic heterocycles. The lowest BCUT2D eigenvalue weighted by atomic mass is 10.1. The molecule has 0 radical (unpaired) electrons. The van der Waals surface area contributed by atoms with Gasteiger partial charge in [-0.1, -0.05) is 23.2 Å². The number of halogens is 3. The highest BCUT2D eigenvalue weighted by molar-refractivity contribution is 6.35. The predicted octanol–water partition coefficient (Wildman–Crippen LogP) is 4.06. The van der Waals surface area contributed by atoms with Gasteiger partial charge in [-0.05, 0) is 29.8 Å². The minimum atomic E-state index is 0. The van der Waals surface area contributed by atoms with E-state index < -0.39 is 0 Å². The maximum atomic E-state index is 6.20. The van der Waals surface area contributed by atoms with Crippen LogP contribution in [0.5, 0.6) is 0 Å². The number of fused-ring (bicyclic) bond motifs is 1. The molecule has 0 bridgehead atoms. The first kappa shape index (κ1) is 13.8. The topological polar surface area (TPSA) is 27.8 Å². The largest absolute Gasteiger partial charge is 0.358 e. The lowest BCUT2D eigenvalue weighted by Gasteiger charge is -2.11. The van der Waals surface area contributed by atoms with Crippen molar-refractivity contribution in [2.24, 2.45) is 0 Å². The molecule has 2 heterocycles. The smallest absolute Gasteiger partial charge is 0.0500 e. The Balaban J connectivity index is 0.00000120. The van der Waals surface area contributed by atoms with Crippen LogP contribution in [-0.2, 0) is 13.0 Å². The summed E-state index contributed by atoms with van der Waals surface area (Å²) in [4.78, 5) is 3.43. The van der Waals surface area contributed by atoms with Crippen molar-refractivity contribution in [3.05, 3.63) is 45.6 Å². The third-order valence-corrected chi connectivity index (χ3v) is 3.64. The van der Waals surface area contributed by atoms with Crippen LogP contribution in [0.2, 0.25) is 10.0 Å². The molecule has 2 aromatic rings. The average molecular weight is 304 g/mol. The third-order valence-electron chi connectivity index (χ3n) is 3.08. The molecule has 2 N–H and O–H groups in total. The lowest BCUT2D eigenvalue weighted by molar-refractivity contribution is 0.638. The molecular formula is C13H13Cl3N2. The van der Waals surface area contributed by atoms with Crippen LogP contribution in [0, 0.1) is 0 Å². The summed E-state index contributed by atoms with van der Waals surface area (Å²) in [5, 5.41) is 4.78. The van der Waals surface area contributed by atoms with Gasteiger partial charge < -0.3 is 10.3 Å². The van der Waals surface area contributed by atoms with Gasteiger partial charge in [-0.15, -0.1) is 12.4 Å². The lowest BCUT2D eigenvalue weighted by Crippen LogP contribution is -2.22. The molecule has 0 aliphatic carbocycles. The Bertz CT molecular complexity index is 540. The summed E-state index contributed by atoms with van der Waals surface area (Å²) in [5.41, 5.74) is 4.64. The first-order chi connectivity index (χ1) is 8.24. The summed E-state index contributed by atoms with van der Waals surface area (Å²) in [5.74, 6) is 0. The van der Waals surface area contributed by atoms with E-state index in [1.165, 1.54) is 11.3 Å². The fourth-order valence-corrected chi connectivity index (χ4v) is 2.60. The van der Waals surface area contributed by atoms with Crippen molar-refractivity contribution in [3.63, 3.8) is 0 Å². The molecule has 0 amide bonds. The Labute approximate surface area is 122 Å². The molecule has 0 saturated heterocycles. The van der Waals surface area contributed by atoms with Gasteiger partial charge in [0.15, 0.2) is 0 Å². The van der Waals surface area contributed by atoms with Crippen LogP contribution in [0.4, 0.5) is 0 Å². The number of nitrogens with one attached hydrogen (secondary N) is 2. The fourth-order valence-electron chi connectivity index (χ4n) is 2.21. The second kappa shape index (κ2) is 5.54. The van der Waals surface area contributed by atoms with E-state index in [1.54, 1.807) is 6.07 Å². The number of rotatable bonds is 1. The van der Waals surface area contributed by atoms with Gasteiger partial charge in [0, 0.05) is 46.5 Å². The summed E-state index contributed by atoms with van der Waals surface area (Å²) < 4.78 is 0. The summed E-state index contributed by atoms with van der Waals surface area (Å²) in [7, 11) is 0. The first-order valence-corrected chi connectivity index (χ1v) is 6.36. The first-order valence-electron chi connectivity index (χ1n) is 5.61. The maximum absolute atomic E-state index is 6.20. The molecule has 3 rings (SSSR count). The number of aromatic amines is 1. The van der Waals surface area contributed by atoms with E-state index in [0.29, 0.717) is 5.02 Å². The molecule has 18 heavy (non-hydrogen) atoms. The van der Waals surface area contributed by atoms with Crippen LogP contribution in [-0.4, -0.2) is 11.5 Å². The summed E-state index contributed by atoms with van der Waals surface area (Å²) in [6.45, 7) is 1.94. The maximum Gasteiger partial charge on any atom is 0.0500 e. The van der Waals surface area contributed by atoms with Crippen LogP contribution in [0.15, 0.2) is 24.3 Å². The molecule has 0 atom stereocenters. The molecule has 2 nitrogen and oxygen atoms in total. The minimum absolute atomic E-state index is 0. The van der Waals surface area contributed by atoms with E-state index in [4.69, 9.17) is 23.2 Å². The van der Waals surface area contributed by atoms with Crippen LogP contribution >= 0.6 is 35.6 Å². The summed E-state index contributed by atoms with van der Waals surface area (Å²) in [6, 6.07) is 7.68. The van der Waals surface area contributed by atoms with Crippen molar-refractivity contribution in [2.45, 2.75) is 13.0 Å². The van der Waals surface area contributed by atoms with Crippen LogP contribution < -0.4 is 5.32 Å². The number of hydrogen-bond donors (Lipinski definition) is 2. The molecule has 1 aromatic carbocycles. The monoisotopic (exact) mass is 302 g/mol. The number of aromatic nitrogens is 1. The standard InChI is InChI=1S/C13H12Cl2N2.ClH/c14-9-1-2-11(15)10(6-9)13-5-8-7-16-4-3-12(8)17-13;/h1-2,5-6,16-17H,3-4,7H2;1H. The normalized spacial score (nSPS) is 13.9. The van der Waals surface area contributed by atoms with Crippen molar-refractivity contribution in [1.82, 2.24) is 10.3 Å². The highest BCUT2D eigenvalue weighted by Gasteiger charge is 2.14. The van der Waals surface area contributed by atoms with Gasteiger partial charge in [-0.3, -0.25) is 0 Å².